The van der Waals surface area contributed by atoms with E-state index in [2.05, 4.69) is 5.32 Å². The molecule has 3 aromatic carbocycles. The molecule has 3 rings (SSSR count). The fraction of sp³-hybridized carbons (Fsp3) is 0.286. The number of anilines is 1. The van der Waals surface area contributed by atoms with E-state index in [4.69, 9.17) is 24.7 Å². The third-order valence-corrected chi connectivity index (χ3v) is 5.25. The van der Waals surface area contributed by atoms with Crippen LogP contribution >= 0.6 is 0 Å². The minimum absolute atomic E-state index is 0.130. The molecule has 0 spiro atoms. The number of methoxy groups -OCH3 is 1. The SMILES string of the molecule is CCOC(=O)Cc1ccc(OC)c(Oc2ccc(N)cc2CNCCC(=O)OCc2ccccc2)c1. The van der Waals surface area contributed by atoms with Crippen LogP contribution < -0.4 is 20.5 Å². The zero-order chi connectivity index (χ0) is 25.8. The van der Waals surface area contributed by atoms with E-state index in [0.717, 1.165) is 16.7 Å². The third kappa shape index (κ3) is 8.32. The molecule has 3 N–H and O–H groups in total. The minimum Gasteiger partial charge on any atom is -0.493 e. The second kappa shape index (κ2) is 13.7. The largest absolute Gasteiger partial charge is 0.493 e. The lowest BCUT2D eigenvalue weighted by atomic mass is 10.1. The Balaban J connectivity index is 1.59. The van der Waals surface area contributed by atoms with E-state index < -0.39 is 0 Å². The summed E-state index contributed by atoms with van der Waals surface area (Å²) in [4.78, 5) is 23.9. The van der Waals surface area contributed by atoms with E-state index in [1.54, 1.807) is 44.4 Å². The van der Waals surface area contributed by atoms with E-state index in [1.807, 2.05) is 36.4 Å². The number of ether oxygens (including phenoxy) is 4. The molecular formula is C28H32N2O6. The lowest BCUT2D eigenvalue weighted by molar-refractivity contribution is -0.145. The quantitative estimate of drug-likeness (QED) is 0.205. The Morgan fingerprint density at radius 1 is 0.861 bits per heavy atom. The molecule has 0 aliphatic carbocycles. The predicted octanol–water partition coefficient (Wildman–Crippen LogP) is 4.40. The van der Waals surface area contributed by atoms with Crippen LogP contribution in [-0.4, -0.2) is 32.2 Å². The van der Waals surface area contributed by atoms with Crippen LogP contribution in [0.2, 0.25) is 0 Å². The summed E-state index contributed by atoms with van der Waals surface area (Å²) in [7, 11) is 1.55. The van der Waals surface area contributed by atoms with Gasteiger partial charge >= 0.3 is 11.9 Å². The molecule has 0 aliphatic heterocycles. The Morgan fingerprint density at radius 2 is 1.64 bits per heavy atom. The number of hydrogen-bond acceptors (Lipinski definition) is 8. The first-order chi connectivity index (χ1) is 17.5. The molecule has 8 nitrogen and oxygen atoms in total. The second-order valence-electron chi connectivity index (χ2n) is 8.01. The normalized spacial score (nSPS) is 10.5. The first-order valence-electron chi connectivity index (χ1n) is 11.8. The first-order valence-corrected chi connectivity index (χ1v) is 11.8. The van der Waals surface area contributed by atoms with Crippen LogP contribution in [0, 0.1) is 0 Å². The van der Waals surface area contributed by atoms with Crippen LogP contribution in [0.3, 0.4) is 0 Å². The van der Waals surface area contributed by atoms with Crippen molar-refractivity contribution in [2.45, 2.75) is 32.9 Å². The monoisotopic (exact) mass is 492 g/mol. The molecule has 0 amide bonds. The summed E-state index contributed by atoms with van der Waals surface area (Å²) in [5.74, 6) is 0.982. The molecule has 0 aromatic heterocycles. The summed E-state index contributed by atoms with van der Waals surface area (Å²) in [6.45, 7) is 3.21. The number of rotatable bonds is 13. The van der Waals surface area contributed by atoms with Gasteiger partial charge in [-0.1, -0.05) is 36.4 Å². The van der Waals surface area contributed by atoms with Gasteiger partial charge in [-0.05, 0) is 48.4 Å². The van der Waals surface area contributed by atoms with Gasteiger partial charge in [-0.3, -0.25) is 9.59 Å². The summed E-state index contributed by atoms with van der Waals surface area (Å²) in [6.07, 6.45) is 0.361. The van der Waals surface area contributed by atoms with Gasteiger partial charge in [0, 0.05) is 24.3 Å². The average Bonchev–Trinajstić information content (AvgIpc) is 2.88. The predicted molar refractivity (Wildman–Crippen MR) is 137 cm³/mol. The molecule has 36 heavy (non-hydrogen) atoms. The number of esters is 2. The molecule has 0 fully saturated rings. The fourth-order valence-corrected chi connectivity index (χ4v) is 3.47. The number of nitrogen functional groups attached to an aromatic ring is 1. The molecular weight excluding hydrogens is 460 g/mol. The van der Waals surface area contributed by atoms with Gasteiger partial charge in [-0.15, -0.1) is 0 Å². The average molecular weight is 493 g/mol. The highest BCUT2D eigenvalue weighted by Gasteiger charge is 2.13. The van der Waals surface area contributed by atoms with Crippen LogP contribution in [0.1, 0.15) is 30.0 Å². The van der Waals surface area contributed by atoms with Crippen molar-refractivity contribution in [1.82, 2.24) is 5.32 Å². The van der Waals surface area contributed by atoms with Crippen molar-refractivity contribution in [1.29, 1.82) is 0 Å². The number of carbonyl (C=O) groups is 2. The number of nitrogens with two attached hydrogens (primary N) is 1. The molecule has 0 atom stereocenters. The molecule has 0 radical (unpaired) electrons. The Morgan fingerprint density at radius 3 is 2.39 bits per heavy atom. The van der Waals surface area contributed by atoms with Crippen LogP contribution in [-0.2, 0) is 38.6 Å². The van der Waals surface area contributed by atoms with Crippen molar-refractivity contribution in [3.63, 3.8) is 0 Å². The van der Waals surface area contributed by atoms with Crippen molar-refractivity contribution in [2.75, 3.05) is 26.0 Å². The van der Waals surface area contributed by atoms with E-state index in [0.29, 0.717) is 42.6 Å². The summed E-state index contributed by atoms with van der Waals surface area (Å²) in [6, 6.07) is 20.2. The van der Waals surface area contributed by atoms with E-state index in [9.17, 15) is 9.59 Å². The highest BCUT2D eigenvalue weighted by molar-refractivity contribution is 5.73. The van der Waals surface area contributed by atoms with Crippen molar-refractivity contribution >= 4 is 17.6 Å². The van der Waals surface area contributed by atoms with Gasteiger partial charge in [0.1, 0.15) is 12.4 Å². The van der Waals surface area contributed by atoms with Crippen LogP contribution in [0.4, 0.5) is 5.69 Å². The lowest BCUT2D eigenvalue weighted by Crippen LogP contribution is -2.19. The smallest absolute Gasteiger partial charge is 0.310 e. The van der Waals surface area contributed by atoms with Crippen LogP contribution in [0.25, 0.3) is 0 Å². The highest BCUT2D eigenvalue weighted by Crippen LogP contribution is 2.35. The highest BCUT2D eigenvalue weighted by atomic mass is 16.5. The maximum atomic E-state index is 12.1. The van der Waals surface area contributed by atoms with Gasteiger partial charge in [-0.25, -0.2) is 0 Å². The number of benzene rings is 3. The molecule has 3 aromatic rings. The molecule has 0 unspecified atom stereocenters. The number of hydrogen-bond donors (Lipinski definition) is 2. The van der Waals surface area contributed by atoms with Gasteiger partial charge in [0.05, 0.1) is 26.6 Å². The van der Waals surface area contributed by atoms with E-state index in [1.165, 1.54) is 0 Å². The van der Waals surface area contributed by atoms with Crippen molar-refractivity contribution in [2.24, 2.45) is 0 Å². The standard InChI is InChI=1S/C28H32N2O6/c1-3-34-28(32)16-21-9-11-25(33-2)26(15-21)36-24-12-10-23(29)17-22(24)18-30-14-13-27(31)35-19-20-7-5-4-6-8-20/h4-12,15,17,30H,3,13-14,16,18-19,29H2,1-2H3. The Kier molecular flexibility index (Phi) is 10.1. The molecule has 0 heterocycles. The lowest BCUT2D eigenvalue weighted by Gasteiger charge is -2.16. The van der Waals surface area contributed by atoms with Crippen LogP contribution in [0.5, 0.6) is 17.2 Å². The minimum atomic E-state index is -0.312. The Labute approximate surface area is 211 Å². The summed E-state index contributed by atoms with van der Waals surface area (Å²) in [5.41, 5.74) is 9.09. The maximum absolute atomic E-state index is 12.1. The molecule has 0 saturated carbocycles. The van der Waals surface area contributed by atoms with Crippen molar-refractivity contribution in [3.05, 3.63) is 83.4 Å². The molecule has 0 aliphatic rings. The Bertz CT molecular complexity index is 1150. The van der Waals surface area contributed by atoms with Crippen LogP contribution in [0.15, 0.2) is 66.7 Å². The zero-order valence-corrected chi connectivity index (χ0v) is 20.6. The number of carbonyl (C=O) groups excluding carboxylic acids is 2. The first kappa shape index (κ1) is 26.6. The summed E-state index contributed by atoms with van der Waals surface area (Å²) in [5, 5.41) is 3.24. The Hall–Kier alpha value is -4.04. The van der Waals surface area contributed by atoms with Gasteiger partial charge in [0.25, 0.3) is 0 Å². The van der Waals surface area contributed by atoms with E-state index in [-0.39, 0.29) is 31.4 Å². The second-order valence-corrected chi connectivity index (χ2v) is 8.01. The molecule has 190 valence electrons. The van der Waals surface area contributed by atoms with E-state index >= 15 is 0 Å². The van der Waals surface area contributed by atoms with Crippen molar-refractivity contribution in [3.8, 4) is 17.2 Å². The fourth-order valence-electron chi connectivity index (χ4n) is 3.47. The van der Waals surface area contributed by atoms with Gasteiger partial charge in [0.2, 0.25) is 0 Å². The van der Waals surface area contributed by atoms with Crippen molar-refractivity contribution < 1.29 is 28.5 Å². The zero-order valence-electron chi connectivity index (χ0n) is 20.6. The van der Waals surface area contributed by atoms with Gasteiger partial charge in [0.15, 0.2) is 11.5 Å². The molecule has 8 heteroatoms. The number of nitrogens with one attached hydrogen (secondary N) is 1. The van der Waals surface area contributed by atoms with Gasteiger partial charge < -0.3 is 30.0 Å². The maximum Gasteiger partial charge on any atom is 0.310 e. The van der Waals surface area contributed by atoms with Gasteiger partial charge in [-0.2, -0.15) is 0 Å². The summed E-state index contributed by atoms with van der Waals surface area (Å²) < 4.78 is 22.0. The topological polar surface area (TPSA) is 109 Å². The molecule has 0 bridgehead atoms. The molecule has 0 saturated heterocycles. The third-order valence-electron chi connectivity index (χ3n) is 5.25. The summed E-state index contributed by atoms with van der Waals surface area (Å²) >= 11 is 0.